The number of Topliss-reactive ketones (excluding diaryl/α,β-unsaturated/α-hetero) is 1. The van der Waals surface area contributed by atoms with Crippen LogP contribution in [-0.4, -0.2) is 47.0 Å². The predicted octanol–water partition coefficient (Wildman–Crippen LogP) is 2.63. The molecule has 0 aliphatic carbocycles. The van der Waals surface area contributed by atoms with E-state index in [-0.39, 0.29) is 36.6 Å². The van der Waals surface area contributed by atoms with Crippen molar-refractivity contribution in [3.05, 3.63) is 30.0 Å². The van der Waals surface area contributed by atoms with E-state index >= 15 is 0 Å². The molecule has 2 aromatic rings. The Morgan fingerprint density at radius 1 is 1.29 bits per heavy atom. The molecule has 6 heteroatoms. The van der Waals surface area contributed by atoms with Crippen LogP contribution in [0.15, 0.2) is 28.7 Å². The number of hydrogen-bond donors (Lipinski definition) is 1. The van der Waals surface area contributed by atoms with Crippen molar-refractivity contribution in [2.45, 2.75) is 39.8 Å². The second-order valence-electron chi connectivity index (χ2n) is 6.07. The number of fused-ring (bicyclic) bond motifs is 1. The minimum Gasteiger partial charge on any atom is -0.487 e. The summed E-state index contributed by atoms with van der Waals surface area (Å²) in [5.41, 5.74) is 0.474. The zero-order valence-corrected chi connectivity index (χ0v) is 14.4. The minimum absolute atomic E-state index is 0.00350. The van der Waals surface area contributed by atoms with Crippen LogP contribution in [0.25, 0.3) is 11.0 Å². The number of aliphatic hydroxyl groups is 1. The van der Waals surface area contributed by atoms with Gasteiger partial charge >= 0.3 is 0 Å². The Bertz CT molecular complexity index is 734. The molecule has 0 aliphatic rings. The summed E-state index contributed by atoms with van der Waals surface area (Å²) in [5, 5.41) is 10.9. The van der Waals surface area contributed by atoms with Crippen LogP contribution in [0.3, 0.4) is 0 Å². The third kappa shape index (κ3) is 4.14. The molecule has 0 saturated carbocycles. The SMILES string of the molecule is CC(=O)c1cc2cccc(OCC(O)CN(C(C)=O)C(C)C)c2o1. The van der Waals surface area contributed by atoms with Crippen molar-refractivity contribution in [1.82, 2.24) is 4.90 Å². The largest absolute Gasteiger partial charge is 0.487 e. The van der Waals surface area contributed by atoms with Gasteiger partial charge in [-0.1, -0.05) is 12.1 Å². The highest BCUT2D eigenvalue weighted by Gasteiger charge is 2.18. The maximum atomic E-state index is 11.6. The van der Waals surface area contributed by atoms with Gasteiger partial charge < -0.3 is 19.2 Å². The van der Waals surface area contributed by atoms with Crippen LogP contribution < -0.4 is 4.74 Å². The van der Waals surface area contributed by atoms with Crippen LogP contribution in [0, 0.1) is 0 Å². The summed E-state index contributed by atoms with van der Waals surface area (Å²) in [6.45, 7) is 6.90. The van der Waals surface area contributed by atoms with Gasteiger partial charge in [-0.25, -0.2) is 0 Å². The second kappa shape index (κ2) is 7.49. The molecule has 0 fully saturated rings. The van der Waals surface area contributed by atoms with Gasteiger partial charge in [-0.15, -0.1) is 0 Å². The molecule has 0 radical (unpaired) electrons. The van der Waals surface area contributed by atoms with Crippen LogP contribution in [0.1, 0.15) is 38.2 Å². The summed E-state index contributed by atoms with van der Waals surface area (Å²) >= 11 is 0. The van der Waals surface area contributed by atoms with Gasteiger partial charge in [0.1, 0.15) is 12.7 Å². The molecule has 2 rings (SSSR count). The first kappa shape index (κ1) is 18.0. The Kier molecular flexibility index (Phi) is 5.62. The maximum absolute atomic E-state index is 11.6. The van der Waals surface area contributed by atoms with Crippen molar-refractivity contribution >= 4 is 22.7 Å². The molecular formula is C18H23NO5. The van der Waals surface area contributed by atoms with Crippen LogP contribution in [-0.2, 0) is 4.79 Å². The first-order valence-electron chi connectivity index (χ1n) is 7.91. The molecule has 0 spiro atoms. The van der Waals surface area contributed by atoms with Crippen LogP contribution >= 0.6 is 0 Å². The number of benzene rings is 1. The lowest BCUT2D eigenvalue weighted by molar-refractivity contribution is -0.132. The van der Waals surface area contributed by atoms with Crippen molar-refractivity contribution < 1.29 is 23.8 Å². The summed E-state index contributed by atoms with van der Waals surface area (Å²) in [6.07, 6.45) is -0.825. The zero-order chi connectivity index (χ0) is 17.9. The summed E-state index contributed by atoms with van der Waals surface area (Å²) in [5.74, 6) is 0.469. The van der Waals surface area contributed by atoms with Crippen LogP contribution in [0.5, 0.6) is 5.75 Å². The lowest BCUT2D eigenvalue weighted by Crippen LogP contribution is -2.42. The average Bonchev–Trinajstić information content (AvgIpc) is 2.94. The molecule has 1 aromatic heterocycles. The van der Waals surface area contributed by atoms with Gasteiger partial charge in [-0.3, -0.25) is 9.59 Å². The molecule has 1 aromatic carbocycles. The molecule has 6 nitrogen and oxygen atoms in total. The number of carbonyl (C=O) groups excluding carboxylic acids is 2. The van der Waals surface area contributed by atoms with E-state index in [9.17, 15) is 14.7 Å². The van der Waals surface area contributed by atoms with E-state index in [1.165, 1.54) is 13.8 Å². The quantitative estimate of drug-likeness (QED) is 0.788. The van der Waals surface area contributed by atoms with Crippen molar-refractivity contribution in [1.29, 1.82) is 0 Å². The van der Waals surface area contributed by atoms with Gasteiger partial charge in [0, 0.05) is 25.3 Å². The van der Waals surface area contributed by atoms with Gasteiger partial charge in [-0.05, 0) is 26.0 Å². The van der Waals surface area contributed by atoms with E-state index in [1.807, 2.05) is 19.9 Å². The molecular weight excluding hydrogens is 310 g/mol. The Morgan fingerprint density at radius 2 is 2.00 bits per heavy atom. The van der Waals surface area contributed by atoms with E-state index in [0.29, 0.717) is 11.3 Å². The topological polar surface area (TPSA) is 80.0 Å². The molecule has 24 heavy (non-hydrogen) atoms. The summed E-state index contributed by atoms with van der Waals surface area (Å²) < 4.78 is 11.2. The van der Waals surface area contributed by atoms with Crippen molar-refractivity contribution in [2.75, 3.05) is 13.2 Å². The highest BCUT2D eigenvalue weighted by molar-refractivity contribution is 5.97. The fourth-order valence-corrected chi connectivity index (χ4v) is 2.49. The molecule has 0 aliphatic heterocycles. The molecule has 1 unspecified atom stereocenters. The lowest BCUT2D eigenvalue weighted by atomic mass is 10.2. The molecule has 0 saturated heterocycles. The number of hydrogen-bond acceptors (Lipinski definition) is 5. The summed E-state index contributed by atoms with van der Waals surface area (Å²) in [4.78, 5) is 24.6. The fraction of sp³-hybridized carbons (Fsp3) is 0.444. The molecule has 1 heterocycles. The third-order valence-corrected chi connectivity index (χ3v) is 3.72. The number of ether oxygens (including phenoxy) is 1. The summed E-state index contributed by atoms with van der Waals surface area (Å²) in [6, 6.07) is 7.00. The van der Waals surface area contributed by atoms with Gasteiger partial charge in [0.05, 0.1) is 6.54 Å². The lowest BCUT2D eigenvalue weighted by Gasteiger charge is -2.27. The fourth-order valence-electron chi connectivity index (χ4n) is 2.49. The number of rotatable bonds is 7. The molecule has 1 amide bonds. The number of furan rings is 1. The number of amides is 1. The highest BCUT2D eigenvalue weighted by Crippen LogP contribution is 2.29. The Balaban J connectivity index is 2.07. The number of carbonyl (C=O) groups is 2. The minimum atomic E-state index is -0.825. The van der Waals surface area contributed by atoms with E-state index in [0.717, 1.165) is 5.39 Å². The smallest absolute Gasteiger partial charge is 0.219 e. The normalized spacial score (nSPS) is 12.4. The van der Waals surface area contributed by atoms with Crippen molar-refractivity contribution in [3.63, 3.8) is 0 Å². The third-order valence-electron chi connectivity index (χ3n) is 3.72. The van der Waals surface area contributed by atoms with Crippen LogP contribution in [0.2, 0.25) is 0 Å². The first-order chi connectivity index (χ1) is 11.3. The standard InChI is InChI=1S/C18H23NO5/c1-11(2)19(13(4)21)9-15(22)10-23-16-7-5-6-14-8-17(12(3)20)24-18(14)16/h5-8,11,15,22H,9-10H2,1-4H3. The number of nitrogens with zero attached hydrogens (tertiary/aromatic N) is 1. The van der Waals surface area contributed by atoms with Crippen LogP contribution in [0.4, 0.5) is 0 Å². The number of aliphatic hydroxyl groups excluding tert-OH is 1. The zero-order valence-electron chi connectivity index (χ0n) is 14.4. The number of para-hydroxylation sites is 1. The van der Waals surface area contributed by atoms with Gasteiger partial charge in [0.15, 0.2) is 22.9 Å². The van der Waals surface area contributed by atoms with Gasteiger partial charge in [0.2, 0.25) is 5.91 Å². The molecule has 130 valence electrons. The Hall–Kier alpha value is -2.34. The van der Waals surface area contributed by atoms with Gasteiger partial charge in [0.25, 0.3) is 0 Å². The first-order valence-corrected chi connectivity index (χ1v) is 7.91. The predicted molar refractivity (Wildman–Crippen MR) is 90.2 cm³/mol. The van der Waals surface area contributed by atoms with Gasteiger partial charge in [-0.2, -0.15) is 0 Å². The highest BCUT2D eigenvalue weighted by atomic mass is 16.5. The second-order valence-corrected chi connectivity index (χ2v) is 6.07. The van der Waals surface area contributed by atoms with Crippen molar-refractivity contribution in [2.24, 2.45) is 0 Å². The van der Waals surface area contributed by atoms with E-state index in [1.54, 1.807) is 23.1 Å². The van der Waals surface area contributed by atoms with E-state index < -0.39 is 6.10 Å². The number of ketones is 1. The molecule has 1 N–H and O–H groups in total. The van der Waals surface area contributed by atoms with Crippen molar-refractivity contribution in [3.8, 4) is 5.75 Å². The average molecular weight is 333 g/mol. The maximum Gasteiger partial charge on any atom is 0.219 e. The molecule has 1 atom stereocenters. The van der Waals surface area contributed by atoms with E-state index in [2.05, 4.69) is 0 Å². The summed E-state index contributed by atoms with van der Waals surface area (Å²) in [7, 11) is 0. The monoisotopic (exact) mass is 333 g/mol. The Morgan fingerprint density at radius 3 is 2.58 bits per heavy atom. The Labute approximate surface area is 141 Å². The molecule has 0 bridgehead atoms. The van der Waals surface area contributed by atoms with E-state index in [4.69, 9.17) is 9.15 Å².